The molecule has 0 unspecified atom stereocenters. The fourth-order valence-corrected chi connectivity index (χ4v) is 12.8. The smallest absolute Gasteiger partial charge is 0.320 e. The molecular formula is C26H38O4Si2. The number of esters is 2. The molecule has 0 saturated heterocycles. The molecule has 2 rings (SSSR count). The highest BCUT2D eigenvalue weighted by Crippen LogP contribution is 2.51. The Kier molecular flexibility index (Phi) is 8.29. The minimum Gasteiger partial charge on any atom is -0.468 e. The molecule has 0 radical (unpaired) electrons. The lowest BCUT2D eigenvalue weighted by atomic mass is 9.95. The molecule has 0 bridgehead atoms. The zero-order valence-electron chi connectivity index (χ0n) is 20.8. The second kappa shape index (κ2) is 10.2. The summed E-state index contributed by atoms with van der Waals surface area (Å²) in [5, 5.41) is 1.02. The van der Waals surface area contributed by atoms with E-state index >= 15 is 0 Å². The molecular weight excluding hydrogens is 432 g/mol. The lowest BCUT2D eigenvalue weighted by molar-refractivity contribution is -0.158. The molecule has 4 nitrogen and oxygen atoms in total. The zero-order chi connectivity index (χ0) is 24.2. The Morgan fingerprint density at radius 1 is 0.781 bits per heavy atom. The summed E-state index contributed by atoms with van der Waals surface area (Å²) >= 11 is 0. The molecule has 0 aromatic heterocycles. The molecule has 0 N–H and O–H groups in total. The molecule has 0 aliphatic carbocycles. The van der Waals surface area contributed by atoms with Gasteiger partial charge in [0.1, 0.15) is 8.07 Å². The third kappa shape index (κ3) is 4.62. The van der Waals surface area contributed by atoms with Crippen molar-refractivity contribution in [3.05, 3.63) is 60.7 Å². The molecule has 0 amide bonds. The minimum absolute atomic E-state index is 0.165. The standard InChI is InChI=1S/C26H38O4Si2/c1-20(2)23(31(5,6)21-15-11-9-12-16-21)19-26(24(27)29-3,25(28)30-4)32(7,8)22-17-13-10-14-18-22/h9-18,20,23H,19H2,1-8H3/t23-/m1/s1. The lowest BCUT2D eigenvalue weighted by Crippen LogP contribution is -2.62. The van der Waals surface area contributed by atoms with Gasteiger partial charge in [-0.1, -0.05) is 111 Å². The van der Waals surface area contributed by atoms with Crippen LogP contribution >= 0.6 is 0 Å². The Morgan fingerprint density at radius 2 is 1.19 bits per heavy atom. The maximum Gasteiger partial charge on any atom is 0.320 e. The van der Waals surface area contributed by atoms with Gasteiger partial charge in [0.05, 0.1) is 22.3 Å². The Balaban J connectivity index is 2.76. The van der Waals surface area contributed by atoms with Gasteiger partial charge >= 0.3 is 11.9 Å². The number of ether oxygens (including phenoxy) is 2. The normalized spacial score (nSPS) is 13.5. The molecule has 6 heteroatoms. The summed E-state index contributed by atoms with van der Waals surface area (Å²) in [5.74, 6) is -0.673. The van der Waals surface area contributed by atoms with Crippen molar-refractivity contribution in [2.45, 2.75) is 57.0 Å². The van der Waals surface area contributed by atoms with E-state index in [-0.39, 0.29) is 11.5 Å². The van der Waals surface area contributed by atoms with E-state index in [0.717, 1.165) is 5.19 Å². The lowest BCUT2D eigenvalue weighted by Gasteiger charge is -2.46. The highest BCUT2D eigenvalue weighted by Gasteiger charge is 2.62. The Hall–Kier alpha value is -2.19. The van der Waals surface area contributed by atoms with E-state index in [9.17, 15) is 9.59 Å². The van der Waals surface area contributed by atoms with Gasteiger partial charge in [0.15, 0.2) is 5.04 Å². The number of rotatable bonds is 9. The molecule has 0 heterocycles. The van der Waals surface area contributed by atoms with Crippen LogP contribution in [0.25, 0.3) is 0 Å². The van der Waals surface area contributed by atoms with Gasteiger partial charge in [0.2, 0.25) is 0 Å². The van der Waals surface area contributed by atoms with Gasteiger partial charge in [-0.2, -0.15) is 0 Å². The van der Waals surface area contributed by atoms with E-state index in [1.807, 2.05) is 36.4 Å². The van der Waals surface area contributed by atoms with Crippen molar-refractivity contribution in [2.75, 3.05) is 14.2 Å². The highest BCUT2D eigenvalue weighted by atomic mass is 28.3. The molecule has 0 aliphatic heterocycles. The number of hydrogen-bond acceptors (Lipinski definition) is 4. The van der Waals surface area contributed by atoms with Crippen molar-refractivity contribution in [2.24, 2.45) is 5.92 Å². The van der Waals surface area contributed by atoms with Gasteiger partial charge in [-0.15, -0.1) is 0 Å². The van der Waals surface area contributed by atoms with Crippen LogP contribution in [0.1, 0.15) is 20.3 Å². The molecule has 0 fully saturated rings. The van der Waals surface area contributed by atoms with Crippen LogP contribution in [0.2, 0.25) is 36.8 Å². The van der Waals surface area contributed by atoms with Crippen molar-refractivity contribution < 1.29 is 19.1 Å². The number of methoxy groups -OCH3 is 2. The second-order valence-corrected chi connectivity index (χ2v) is 19.5. The van der Waals surface area contributed by atoms with E-state index in [1.54, 1.807) is 0 Å². The van der Waals surface area contributed by atoms with Gasteiger partial charge < -0.3 is 9.47 Å². The van der Waals surface area contributed by atoms with Crippen LogP contribution in [-0.2, 0) is 19.1 Å². The van der Waals surface area contributed by atoms with Crippen molar-refractivity contribution >= 4 is 38.5 Å². The summed E-state index contributed by atoms with van der Waals surface area (Å²) in [6.45, 7) is 13.2. The molecule has 0 spiro atoms. The van der Waals surface area contributed by atoms with Crippen LogP contribution < -0.4 is 10.4 Å². The SMILES string of the molecule is COC(=O)C(C[C@H](C(C)C)[Si](C)(C)c1ccccc1)(C(=O)OC)[Si](C)(C)c1ccccc1. The predicted octanol–water partition coefficient (Wildman–Crippen LogP) is 4.72. The molecule has 2 aromatic rings. The van der Waals surface area contributed by atoms with Crippen molar-refractivity contribution in [3.8, 4) is 0 Å². The van der Waals surface area contributed by atoms with Crippen LogP contribution in [0.5, 0.6) is 0 Å². The van der Waals surface area contributed by atoms with Crippen molar-refractivity contribution in [3.63, 3.8) is 0 Å². The number of benzene rings is 2. The summed E-state index contributed by atoms with van der Waals surface area (Å²) in [6, 6.07) is 20.5. The first-order valence-electron chi connectivity index (χ1n) is 11.2. The summed E-state index contributed by atoms with van der Waals surface area (Å²) in [4.78, 5) is 27.2. The largest absolute Gasteiger partial charge is 0.468 e. The third-order valence-electron chi connectivity index (χ3n) is 7.41. The van der Waals surface area contributed by atoms with Crippen molar-refractivity contribution in [1.82, 2.24) is 0 Å². The van der Waals surface area contributed by atoms with Gasteiger partial charge in [-0.05, 0) is 17.9 Å². The minimum atomic E-state index is -2.74. The number of hydrogen-bond donors (Lipinski definition) is 0. The first-order chi connectivity index (χ1) is 15.0. The van der Waals surface area contributed by atoms with Crippen LogP contribution in [0.15, 0.2) is 60.7 Å². The topological polar surface area (TPSA) is 52.6 Å². The Bertz CT molecular complexity index is 892. The fraction of sp³-hybridized carbons (Fsp3) is 0.462. The quantitative estimate of drug-likeness (QED) is 0.302. The molecule has 174 valence electrons. The predicted molar refractivity (Wildman–Crippen MR) is 137 cm³/mol. The Morgan fingerprint density at radius 3 is 1.56 bits per heavy atom. The highest BCUT2D eigenvalue weighted by molar-refractivity contribution is 6.97. The summed E-state index contributed by atoms with van der Waals surface area (Å²) in [5.41, 5.74) is 0.165. The average molecular weight is 471 g/mol. The van der Waals surface area contributed by atoms with Gasteiger partial charge in [0.25, 0.3) is 0 Å². The van der Waals surface area contributed by atoms with Crippen LogP contribution in [0.4, 0.5) is 0 Å². The summed E-state index contributed by atoms with van der Waals surface area (Å²) in [6.07, 6.45) is 0.423. The first kappa shape index (κ1) is 26.1. The van der Waals surface area contributed by atoms with E-state index < -0.39 is 33.1 Å². The average Bonchev–Trinajstić information content (AvgIpc) is 2.79. The van der Waals surface area contributed by atoms with E-state index in [2.05, 4.69) is 64.3 Å². The first-order valence-corrected chi connectivity index (χ1v) is 17.3. The second-order valence-electron chi connectivity index (χ2n) is 10.0. The van der Waals surface area contributed by atoms with Crippen LogP contribution in [-0.4, -0.2) is 42.3 Å². The summed E-state index contributed by atoms with van der Waals surface area (Å²) in [7, 11) is -2.07. The monoisotopic (exact) mass is 470 g/mol. The molecule has 1 atom stereocenters. The third-order valence-corrected chi connectivity index (χ3v) is 16.5. The van der Waals surface area contributed by atoms with Gasteiger partial charge in [-0.25, -0.2) is 0 Å². The number of carbonyl (C=O) groups excluding carboxylic acids is 2. The zero-order valence-corrected chi connectivity index (χ0v) is 22.8. The summed E-state index contributed by atoms with van der Waals surface area (Å²) < 4.78 is 10.7. The Labute approximate surface area is 195 Å². The maximum atomic E-state index is 13.6. The van der Waals surface area contributed by atoms with E-state index in [0.29, 0.717) is 6.42 Å². The molecule has 0 aliphatic rings. The number of carbonyl (C=O) groups is 2. The van der Waals surface area contributed by atoms with Gasteiger partial charge in [0, 0.05) is 0 Å². The van der Waals surface area contributed by atoms with E-state index in [1.165, 1.54) is 19.4 Å². The van der Waals surface area contributed by atoms with Crippen LogP contribution in [0.3, 0.4) is 0 Å². The molecule has 0 saturated carbocycles. The van der Waals surface area contributed by atoms with E-state index in [4.69, 9.17) is 9.47 Å². The maximum absolute atomic E-state index is 13.6. The van der Waals surface area contributed by atoms with Crippen LogP contribution in [0, 0.1) is 5.92 Å². The van der Waals surface area contributed by atoms with Crippen molar-refractivity contribution in [1.29, 1.82) is 0 Å². The fourth-order valence-electron chi connectivity index (χ4n) is 5.20. The molecule has 2 aromatic carbocycles. The molecule has 32 heavy (non-hydrogen) atoms. The van der Waals surface area contributed by atoms with Gasteiger partial charge in [-0.3, -0.25) is 9.59 Å².